The Morgan fingerprint density at radius 2 is 1.64 bits per heavy atom. The number of piperidine rings is 3. The van der Waals surface area contributed by atoms with E-state index in [2.05, 4.69) is 56.8 Å². The second-order valence-corrected chi connectivity index (χ2v) is 13.0. The highest BCUT2D eigenvalue weighted by molar-refractivity contribution is 6.00. The summed E-state index contributed by atoms with van der Waals surface area (Å²) in [5.41, 5.74) is 5.07. The molecule has 2 amide bonds. The summed E-state index contributed by atoms with van der Waals surface area (Å²) >= 11 is 0. The van der Waals surface area contributed by atoms with Crippen LogP contribution >= 0.6 is 0 Å². The van der Waals surface area contributed by atoms with Crippen molar-refractivity contribution in [3.8, 4) is 5.75 Å². The van der Waals surface area contributed by atoms with Crippen molar-refractivity contribution in [2.75, 3.05) is 38.5 Å². The minimum Gasteiger partial charge on any atom is -0.490 e. The Morgan fingerprint density at radius 3 is 2.36 bits per heavy atom. The molecule has 2 aromatic carbocycles. The molecule has 3 aliphatic heterocycles. The number of carbonyl (C=O) groups is 2. The number of anilines is 1. The van der Waals surface area contributed by atoms with E-state index in [0.717, 1.165) is 69.0 Å². The van der Waals surface area contributed by atoms with Crippen LogP contribution in [-0.4, -0.2) is 76.8 Å². The quantitative estimate of drug-likeness (QED) is 0.372. The van der Waals surface area contributed by atoms with E-state index in [1.165, 1.54) is 15.8 Å². The lowest BCUT2D eigenvalue weighted by atomic mass is 9.87. The molecule has 238 valence electrons. The van der Waals surface area contributed by atoms with Crippen LogP contribution < -0.4 is 20.9 Å². The van der Waals surface area contributed by atoms with Gasteiger partial charge >= 0.3 is 0 Å². The molecule has 0 radical (unpaired) electrons. The summed E-state index contributed by atoms with van der Waals surface area (Å²) < 4.78 is 7.66. The lowest BCUT2D eigenvalue weighted by molar-refractivity contribution is -0.134. The Balaban J connectivity index is 0.973. The van der Waals surface area contributed by atoms with Gasteiger partial charge in [0.05, 0.1) is 17.8 Å². The largest absolute Gasteiger partial charge is 0.490 e. The van der Waals surface area contributed by atoms with Gasteiger partial charge in [-0.1, -0.05) is 36.4 Å². The molecule has 10 heteroatoms. The number of ether oxygens (including phenoxy) is 1. The first kappa shape index (κ1) is 31.0. The van der Waals surface area contributed by atoms with E-state index in [4.69, 9.17) is 4.74 Å². The van der Waals surface area contributed by atoms with E-state index in [0.29, 0.717) is 24.3 Å². The summed E-state index contributed by atoms with van der Waals surface area (Å²) in [6, 6.07) is 17.1. The van der Waals surface area contributed by atoms with Crippen molar-refractivity contribution in [3.63, 3.8) is 0 Å². The lowest BCUT2D eigenvalue weighted by Crippen LogP contribution is -2.43. The molecule has 0 aliphatic carbocycles. The van der Waals surface area contributed by atoms with Crippen molar-refractivity contribution in [2.24, 2.45) is 7.05 Å². The van der Waals surface area contributed by atoms with Crippen molar-refractivity contribution >= 4 is 17.5 Å². The van der Waals surface area contributed by atoms with Gasteiger partial charge < -0.3 is 15.0 Å². The van der Waals surface area contributed by atoms with E-state index in [9.17, 15) is 14.4 Å². The maximum absolute atomic E-state index is 12.3. The van der Waals surface area contributed by atoms with E-state index in [-0.39, 0.29) is 35.4 Å². The van der Waals surface area contributed by atoms with Crippen LogP contribution in [0.4, 0.5) is 5.69 Å². The number of amides is 2. The van der Waals surface area contributed by atoms with Crippen LogP contribution in [0, 0.1) is 6.92 Å². The normalized spacial score (nSPS) is 23.5. The van der Waals surface area contributed by atoms with Crippen LogP contribution in [0.3, 0.4) is 0 Å². The van der Waals surface area contributed by atoms with Crippen molar-refractivity contribution in [1.29, 1.82) is 0 Å². The highest BCUT2D eigenvalue weighted by Gasteiger charge is 2.29. The zero-order valence-corrected chi connectivity index (χ0v) is 26.5. The molecule has 10 nitrogen and oxygen atoms in total. The number of likely N-dealkylation sites (N-methyl/N-ethyl adjacent to an activating group) is 1. The van der Waals surface area contributed by atoms with Crippen molar-refractivity contribution in [3.05, 3.63) is 87.3 Å². The molecule has 1 unspecified atom stereocenters. The van der Waals surface area contributed by atoms with Gasteiger partial charge in [0, 0.05) is 57.8 Å². The molecule has 4 heterocycles. The highest BCUT2D eigenvalue weighted by Crippen LogP contribution is 2.30. The van der Waals surface area contributed by atoms with Gasteiger partial charge in [0.2, 0.25) is 11.8 Å². The van der Waals surface area contributed by atoms with Gasteiger partial charge in [0.1, 0.15) is 11.9 Å². The average molecular weight is 613 g/mol. The van der Waals surface area contributed by atoms with Gasteiger partial charge in [-0.3, -0.25) is 24.6 Å². The summed E-state index contributed by atoms with van der Waals surface area (Å²) in [5.74, 6) is 0.567. The molecular weight excluding hydrogens is 568 g/mol. The first-order valence-corrected chi connectivity index (χ1v) is 16.1. The van der Waals surface area contributed by atoms with E-state index >= 15 is 0 Å². The second-order valence-electron chi connectivity index (χ2n) is 13.0. The van der Waals surface area contributed by atoms with Crippen molar-refractivity contribution in [2.45, 2.75) is 69.6 Å². The number of imide groups is 1. The molecular formula is C35H44N6O4. The molecule has 0 bridgehead atoms. The minimum absolute atomic E-state index is 0.0635. The Labute approximate surface area is 264 Å². The second kappa shape index (κ2) is 13.5. The van der Waals surface area contributed by atoms with Crippen LogP contribution in [0.15, 0.2) is 59.5 Å². The number of hydrogen-bond acceptors (Lipinski definition) is 8. The number of rotatable bonds is 8. The summed E-state index contributed by atoms with van der Waals surface area (Å²) in [6.07, 6.45) is 5.81. The molecule has 3 aliphatic rings. The summed E-state index contributed by atoms with van der Waals surface area (Å²) in [4.78, 5) is 40.8. The Kier molecular flexibility index (Phi) is 9.32. The summed E-state index contributed by atoms with van der Waals surface area (Å²) in [6.45, 7) is 6.69. The molecule has 0 spiro atoms. The molecule has 3 atom stereocenters. The van der Waals surface area contributed by atoms with Crippen LogP contribution in [0.2, 0.25) is 0 Å². The first-order valence-electron chi connectivity index (χ1n) is 16.1. The van der Waals surface area contributed by atoms with Gasteiger partial charge in [0.25, 0.3) is 5.56 Å². The average Bonchev–Trinajstić information content (AvgIpc) is 3.03. The maximum atomic E-state index is 12.3. The molecule has 45 heavy (non-hydrogen) atoms. The minimum atomic E-state index is -0.272. The van der Waals surface area contributed by atoms with Crippen LogP contribution in [0.25, 0.3) is 0 Å². The van der Waals surface area contributed by atoms with Gasteiger partial charge in [-0.2, -0.15) is 5.10 Å². The fraction of sp³-hybridized carbons (Fsp3) is 0.486. The molecule has 3 fully saturated rings. The highest BCUT2D eigenvalue weighted by atomic mass is 16.5. The third-order valence-electron chi connectivity index (χ3n) is 9.59. The molecule has 0 saturated carbocycles. The number of nitrogens with zero attached hydrogens (tertiary/aromatic N) is 4. The van der Waals surface area contributed by atoms with E-state index in [1.807, 2.05) is 31.2 Å². The predicted molar refractivity (Wildman–Crippen MR) is 173 cm³/mol. The monoisotopic (exact) mass is 612 g/mol. The number of benzene rings is 2. The number of nitrogens with one attached hydrogen (secondary N) is 2. The van der Waals surface area contributed by atoms with Gasteiger partial charge in [-0.15, -0.1) is 0 Å². The maximum Gasteiger partial charge on any atom is 0.271 e. The summed E-state index contributed by atoms with van der Waals surface area (Å²) in [5, 5.41) is 10.2. The van der Waals surface area contributed by atoms with Crippen LogP contribution in [0.1, 0.15) is 66.2 Å². The predicted octanol–water partition coefficient (Wildman–Crippen LogP) is 3.55. The third kappa shape index (κ3) is 7.45. The zero-order chi connectivity index (χ0) is 31.5. The zero-order valence-electron chi connectivity index (χ0n) is 26.5. The Morgan fingerprint density at radius 1 is 0.933 bits per heavy atom. The fourth-order valence-corrected chi connectivity index (χ4v) is 7.00. The number of carbonyl (C=O) groups excluding carboxylic acids is 2. The molecule has 2 N–H and O–H groups in total. The third-order valence-corrected chi connectivity index (χ3v) is 9.59. The SMILES string of the molecule is Cc1c(N[C@@H]2C[C@H](c3ccc(CN4CCC(Oc5ccc(C6CCC(=O)NC6=O)cc5)CC4)cc3)CN(C)C2)cnn(C)c1=O. The molecule has 3 saturated heterocycles. The van der Waals surface area contributed by atoms with E-state index in [1.54, 1.807) is 13.2 Å². The number of aromatic nitrogens is 2. The van der Waals surface area contributed by atoms with Crippen molar-refractivity contribution in [1.82, 2.24) is 24.9 Å². The molecule has 3 aromatic rings. The number of likely N-dealkylation sites (tertiary alicyclic amines) is 2. The summed E-state index contributed by atoms with van der Waals surface area (Å²) in [7, 11) is 3.84. The number of aryl methyl sites for hydroxylation is 1. The van der Waals surface area contributed by atoms with Crippen LogP contribution in [0.5, 0.6) is 5.75 Å². The lowest BCUT2D eigenvalue weighted by Gasteiger charge is -2.37. The molecule has 6 rings (SSSR count). The van der Waals surface area contributed by atoms with Crippen molar-refractivity contribution < 1.29 is 14.3 Å². The van der Waals surface area contributed by atoms with E-state index < -0.39 is 0 Å². The topological polar surface area (TPSA) is 109 Å². The first-order chi connectivity index (χ1) is 21.7. The smallest absolute Gasteiger partial charge is 0.271 e. The van der Waals surface area contributed by atoms with Gasteiger partial charge in [-0.25, -0.2) is 4.68 Å². The Hall–Kier alpha value is -4.02. The van der Waals surface area contributed by atoms with Gasteiger partial charge in [-0.05, 0) is 74.4 Å². The number of hydrogen-bond donors (Lipinski definition) is 2. The fourth-order valence-electron chi connectivity index (χ4n) is 7.00. The van der Waals surface area contributed by atoms with Gasteiger partial charge in [0.15, 0.2) is 0 Å². The van der Waals surface area contributed by atoms with Crippen LogP contribution in [-0.2, 0) is 23.2 Å². The standard InChI is InChI=1S/C35H44N6O4/c1-23-32(19-36-40(3)35(23)44)37-28-18-27(21-39(2)22-28)25-6-4-24(5-7-25)20-41-16-14-30(15-17-41)45-29-10-8-26(9-11-29)31-12-13-33(42)38-34(31)43/h4-11,19,27-28,30-31,37H,12-18,20-22H2,1-3H3,(H,38,42,43)/t27-,28+,31?/m0/s1. The molecule has 1 aromatic heterocycles. The Bertz CT molecular complexity index is 1560.